The van der Waals surface area contributed by atoms with Gasteiger partial charge in [-0.15, -0.1) is 0 Å². The number of hydrogen-bond acceptors (Lipinski definition) is 3. The van der Waals surface area contributed by atoms with Crippen LogP contribution in [0.15, 0.2) is 42.6 Å². The highest BCUT2D eigenvalue weighted by atomic mass is 16.1. The number of carbonyl (C=O) groups is 1. The molecule has 3 N–H and O–H groups in total. The molecule has 1 aliphatic rings. The van der Waals surface area contributed by atoms with Crippen molar-refractivity contribution in [3.8, 4) is 11.3 Å². The first-order valence-electron chi connectivity index (χ1n) is 8.21. The summed E-state index contributed by atoms with van der Waals surface area (Å²) in [6.07, 6.45) is 4.26. The van der Waals surface area contributed by atoms with Crippen LogP contribution in [0.4, 0.5) is 0 Å². The number of nitrogens with one attached hydrogen (secondary N) is 1. The normalized spacial score (nSPS) is 18.3. The number of carbonyl (C=O) groups excluding carboxylic acids is 1. The number of amides is 1. The van der Waals surface area contributed by atoms with E-state index in [0.29, 0.717) is 11.6 Å². The topological polar surface area (TPSA) is 75.0 Å². The number of aromatic nitrogens is 2. The van der Waals surface area contributed by atoms with Crippen molar-refractivity contribution in [3.05, 3.63) is 53.9 Å². The van der Waals surface area contributed by atoms with Crippen LogP contribution in [0.3, 0.4) is 0 Å². The minimum absolute atomic E-state index is 0.438. The van der Waals surface area contributed by atoms with Crippen LogP contribution in [-0.2, 0) is 0 Å². The number of pyridine rings is 1. The second kappa shape index (κ2) is 5.76. The Balaban J connectivity index is 1.78. The van der Waals surface area contributed by atoms with Gasteiger partial charge in [-0.2, -0.15) is 0 Å². The Morgan fingerprint density at radius 2 is 2.17 bits per heavy atom. The van der Waals surface area contributed by atoms with Gasteiger partial charge in [0, 0.05) is 40.0 Å². The lowest BCUT2D eigenvalue weighted by atomic mass is 10.0. The molecule has 24 heavy (non-hydrogen) atoms. The molecule has 122 valence electrons. The number of nitrogens with two attached hydrogens (primary N) is 1. The van der Waals surface area contributed by atoms with Crippen molar-refractivity contribution in [2.75, 3.05) is 13.6 Å². The van der Waals surface area contributed by atoms with Crippen LogP contribution in [0.1, 0.15) is 34.9 Å². The predicted molar refractivity (Wildman–Crippen MR) is 94.7 cm³/mol. The fourth-order valence-electron chi connectivity index (χ4n) is 3.60. The predicted octanol–water partition coefficient (Wildman–Crippen LogP) is 3.10. The van der Waals surface area contributed by atoms with Crippen LogP contribution in [0.2, 0.25) is 0 Å². The smallest absolute Gasteiger partial charge is 0.249 e. The van der Waals surface area contributed by atoms with Crippen LogP contribution in [0.5, 0.6) is 0 Å². The van der Waals surface area contributed by atoms with E-state index in [-0.39, 0.29) is 0 Å². The number of likely N-dealkylation sites (tertiary alicyclic amines) is 1. The van der Waals surface area contributed by atoms with Gasteiger partial charge in [-0.1, -0.05) is 18.2 Å². The third-order valence-electron chi connectivity index (χ3n) is 4.87. The number of benzene rings is 1. The Morgan fingerprint density at radius 3 is 2.92 bits per heavy atom. The molecular weight excluding hydrogens is 300 g/mol. The molecule has 0 unspecified atom stereocenters. The van der Waals surface area contributed by atoms with Crippen molar-refractivity contribution in [1.82, 2.24) is 14.9 Å². The van der Waals surface area contributed by atoms with E-state index in [9.17, 15) is 4.79 Å². The number of aromatic amines is 1. The Labute approximate surface area is 140 Å². The summed E-state index contributed by atoms with van der Waals surface area (Å²) >= 11 is 0. The molecule has 1 atom stereocenters. The largest absolute Gasteiger partial charge is 0.366 e. The highest BCUT2D eigenvalue weighted by Gasteiger charge is 2.24. The molecule has 0 bridgehead atoms. The SMILES string of the molecule is CN1CCC[C@@H]1c1cc2cnc(-c3ccccc3C(N)=O)cc2[nH]1. The Kier molecular flexibility index (Phi) is 3.58. The van der Waals surface area contributed by atoms with Gasteiger partial charge < -0.3 is 10.7 Å². The van der Waals surface area contributed by atoms with Gasteiger partial charge in [0.05, 0.1) is 5.69 Å². The molecule has 0 aliphatic carbocycles. The van der Waals surface area contributed by atoms with Crippen molar-refractivity contribution in [1.29, 1.82) is 0 Å². The van der Waals surface area contributed by atoms with Gasteiger partial charge in [0.1, 0.15) is 0 Å². The third-order valence-corrected chi connectivity index (χ3v) is 4.87. The van der Waals surface area contributed by atoms with Crippen LogP contribution in [0.25, 0.3) is 22.2 Å². The molecule has 0 radical (unpaired) electrons. The fraction of sp³-hybridized carbons (Fsp3) is 0.263. The van der Waals surface area contributed by atoms with Crippen molar-refractivity contribution in [2.45, 2.75) is 18.9 Å². The van der Waals surface area contributed by atoms with E-state index < -0.39 is 5.91 Å². The maximum absolute atomic E-state index is 11.7. The number of nitrogens with zero attached hydrogens (tertiary/aromatic N) is 2. The van der Waals surface area contributed by atoms with Crippen LogP contribution in [-0.4, -0.2) is 34.4 Å². The highest BCUT2D eigenvalue weighted by molar-refractivity contribution is 6.00. The zero-order valence-electron chi connectivity index (χ0n) is 13.6. The molecule has 1 amide bonds. The fourth-order valence-corrected chi connectivity index (χ4v) is 3.60. The Morgan fingerprint density at radius 1 is 1.33 bits per heavy atom. The molecule has 5 heteroatoms. The Hall–Kier alpha value is -2.66. The summed E-state index contributed by atoms with van der Waals surface area (Å²) in [6, 6.07) is 11.9. The van der Waals surface area contributed by atoms with Gasteiger partial charge in [-0.25, -0.2) is 0 Å². The molecule has 0 saturated carbocycles. The van der Waals surface area contributed by atoms with Crippen molar-refractivity contribution < 1.29 is 4.79 Å². The van der Waals surface area contributed by atoms with E-state index in [1.54, 1.807) is 6.07 Å². The second-order valence-corrected chi connectivity index (χ2v) is 6.43. The van der Waals surface area contributed by atoms with Gasteiger partial charge in [-0.3, -0.25) is 14.7 Å². The van der Waals surface area contributed by atoms with E-state index in [1.165, 1.54) is 18.5 Å². The van der Waals surface area contributed by atoms with E-state index in [4.69, 9.17) is 5.73 Å². The van der Waals surface area contributed by atoms with Gasteiger partial charge in [-0.05, 0) is 44.6 Å². The first-order chi connectivity index (χ1) is 11.6. The molecule has 0 spiro atoms. The van der Waals surface area contributed by atoms with Crippen molar-refractivity contribution in [3.63, 3.8) is 0 Å². The minimum Gasteiger partial charge on any atom is -0.366 e. The average molecular weight is 320 g/mol. The zero-order valence-corrected chi connectivity index (χ0v) is 13.6. The molecule has 1 aliphatic heterocycles. The zero-order chi connectivity index (χ0) is 16.7. The number of fused-ring (bicyclic) bond motifs is 1. The summed E-state index contributed by atoms with van der Waals surface area (Å²) in [6.45, 7) is 1.13. The highest BCUT2D eigenvalue weighted by Crippen LogP contribution is 2.32. The number of hydrogen-bond donors (Lipinski definition) is 2. The van der Waals surface area contributed by atoms with Crippen molar-refractivity contribution in [2.24, 2.45) is 5.73 Å². The molecule has 1 saturated heterocycles. The average Bonchev–Trinajstić information content (AvgIpc) is 3.19. The van der Waals surface area contributed by atoms with Crippen LogP contribution >= 0.6 is 0 Å². The first-order valence-corrected chi connectivity index (χ1v) is 8.21. The molecule has 1 fully saturated rings. The first kappa shape index (κ1) is 14.9. The maximum Gasteiger partial charge on any atom is 0.249 e. The summed E-state index contributed by atoms with van der Waals surface area (Å²) in [4.78, 5) is 22.1. The van der Waals surface area contributed by atoms with E-state index in [2.05, 4.69) is 28.0 Å². The lowest BCUT2D eigenvalue weighted by molar-refractivity contribution is 0.100. The third kappa shape index (κ3) is 2.47. The van der Waals surface area contributed by atoms with Gasteiger partial charge >= 0.3 is 0 Å². The second-order valence-electron chi connectivity index (χ2n) is 6.43. The lowest BCUT2D eigenvalue weighted by Crippen LogP contribution is -2.17. The summed E-state index contributed by atoms with van der Waals surface area (Å²) in [5.74, 6) is -0.438. The van der Waals surface area contributed by atoms with Crippen LogP contribution < -0.4 is 5.73 Å². The number of H-pyrrole nitrogens is 1. The van der Waals surface area contributed by atoms with Crippen molar-refractivity contribution >= 4 is 16.8 Å². The summed E-state index contributed by atoms with van der Waals surface area (Å²) < 4.78 is 0. The van der Waals surface area contributed by atoms with E-state index >= 15 is 0 Å². The molecule has 5 nitrogen and oxygen atoms in total. The molecular formula is C19H20N4O. The van der Waals surface area contributed by atoms with E-state index in [0.717, 1.165) is 28.7 Å². The van der Waals surface area contributed by atoms with Crippen LogP contribution in [0, 0.1) is 0 Å². The molecule has 4 rings (SSSR count). The number of primary amides is 1. The van der Waals surface area contributed by atoms with Gasteiger partial charge in [0.15, 0.2) is 0 Å². The standard InChI is InChI=1S/C19H20N4O/c1-23-8-4-7-18(23)17-9-12-11-21-16(10-15(12)22-17)13-5-2-3-6-14(13)19(20)24/h2-3,5-6,9-11,18,22H,4,7-8H2,1H3,(H2,20,24)/t18-/m1/s1. The lowest BCUT2D eigenvalue weighted by Gasteiger charge is -2.17. The molecule has 3 heterocycles. The summed E-state index contributed by atoms with van der Waals surface area (Å²) in [5.41, 5.74) is 9.76. The molecule has 3 aromatic rings. The Bertz CT molecular complexity index is 915. The summed E-state index contributed by atoms with van der Waals surface area (Å²) in [7, 11) is 2.16. The molecule has 2 aromatic heterocycles. The quantitative estimate of drug-likeness (QED) is 0.778. The summed E-state index contributed by atoms with van der Waals surface area (Å²) in [5, 5.41) is 1.09. The number of rotatable bonds is 3. The molecule has 1 aromatic carbocycles. The van der Waals surface area contributed by atoms with Gasteiger partial charge in [0.25, 0.3) is 0 Å². The van der Waals surface area contributed by atoms with E-state index in [1.807, 2.05) is 30.5 Å². The van der Waals surface area contributed by atoms with Gasteiger partial charge in [0.2, 0.25) is 5.91 Å². The maximum atomic E-state index is 11.7. The minimum atomic E-state index is -0.438. The monoisotopic (exact) mass is 320 g/mol.